The van der Waals surface area contributed by atoms with E-state index in [2.05, 4.69) is 0 Å². The number of rotatable bonds is 7. The Morgan fingerprint density at radius 3 is 2.73 bits per heavy atom. The molecule has 1 aromatic rings. The number of allylic oxidation sites excluding steroid dienone is 1. The van der Waals surface area contributed by atoms with Crippen LogP contribution in [-0.4, -0.2) is 22.2 Å². The summed E-state index contributed by atoms with van der Waals surface area (Å²) < 4.78 is -1.24. The Kier molecular flexibility index (Phi) is 5.55. The van der Waals surface area contributed by atoms with Gasteiger partial charge in [0.25, 0.3) is 0 Å². The largest absolute Gasteiger partial charge is 0.297 e. The van der Waals surface area contributed by atoms with Crippen LogP contribution in [0.3, 0.4) is 0 Å². The van der Waals surface area contributed by atoms with Crippen LogP contribution in [0.25, 0.3) is 0 Å². The lowest BCUT2D eigenvalue weighted by molar-refractivity contribution is -0.135. The molecule has 0 saturated carbocycles. The zero-order chi connectivity index (χ0) is 16.2. The van der Waals surface area contributed by atoms with Crippen molar-refractivity contribution in [2.75, 3.05) is 0 Å². The summed E-state index contributed by atoms with van der Waals surface area (Å²) in [6, 6.07) is 3.48. The molecule has 5 nitrogen and oxygen atoms in total. The van der Waals surface area contributed by atoms with Crippen LogP contribution >= 0.6 is 23.1 Å². The fourth-order valence-electron chi connectivity index (χ4n) is 2.50. The summed E-state index contributed by atoms with van der Waals surface area (Å²) in [5, 5.41) is 3.56. The molecule has 0 fully saturated rings. The molecule has 22 heavy (non-hydrogen) atoms. The molecular formula is C15H18N2O3S2. The molecule has 1 aromatic heterocycles. The Bertz CT molecular complexity index is 588. The number of carbonyl (C=O) groups excluding carboxylic acids is 3. The van der Waals surface area contributed by atoms with E-state index in [0.29, 0.717) is 24.1 Å². The first-order valence-corrected chi connectivity index (χ1v) is 8.78. The number of thioether (sulfide) groups is 1. The summed E-state index contributed by atoms with van der Waals surface area (Å²) in [6.07, 6.45) is 3.15. The Hall–Kier alpha value is -1.44. The molecule has 0 spiro atoms. The molecule has 7 heteroatoms. The van der Waals surface area contributed by atoms with Gasteiger partial charge in [-0.15, -0.1) is 23.1 Å². The highest BCUT2D eigenvalue weighted by Gasteiger charge is 2.51. The molecule has 0 saturated heterocycles. The monoisotopic (exact) mass is 338 g/mol. The van der Waals surface area contributed by atoms with E-state index in [4.69, 9.17) is 5.84 Å². The second-order valence-corrected chi connectivity index (χ2v) is 7.19. The molecule has 2 unspecified atom stereocenters. The van der Waals surface area contributed by atoms with Crippen molar-refractivity contribution in [2.24, 2.45) is 11.8 Å². The fourth-order valence-corrected chi connectivity index (χ4v) is 4.40. The second kappa shape index (κ2) is 7.21. The van der Waals surface area contributed by atoms with Crippen molar-refractivity contribution in [1.29, 1.82) is 0 Å². The molecule has 0 aliphatic carbocycles. The third kappa shape index (κ3) is 3.02. The fraction of sp³-hybridized carbons (Fsp3) is 0.400. The smallest absolute Gasteiger partial charge is 0.244 e. The third-order valence-electron chi connectivity index (χ3n) is 3.63. The van der Waals surface area contributed by atoms with Crippen molar-refractivity contribution in [3.8, 4) is 0 Å². The zero-order valence-corrected chi connectivity index (χ0v) is 13.8. The summed E-state index contributed by atoms with van der Waals surface area (Å²) in [4.78, 5) is 38.3. The van der Waals surface area contributed by atoms with Gasteiger partial charge in [-0.25, -0.2) is 5.84 Å². The van der Waals surface area contributed by atoms with Gasteiger partial charge in [-0.2, -0.15) is 0 Å². The number of hydrogen-bond acceptors (Lipinski definition) is 6. The average Bonchev–Trinajstić information content (AvgIpc) is 3.22. The maximum atomic E-state index is 13.0. The Morgan fingerprint density at radius 1 is 1.45 bits per heavy atom. The first kappa shape index (κ1) is 16.9. The van der Waals surface area contributed by atoms with E-state index in [-0.39, 0.29) is 11.6 Å². The minimum absolute atomic E-state index is 0.228. The van der Waals surface area contributed by atoms with Gasteiger partial charge >= 0.3 is 0 Å². The molecule has 1 aliphatic heterocycles. The van der Waals surface area contributed by atoms with Crippen LogP contribution in [0, 0.1) is 5.92 Å². The van der Waals surface area contributed by atoms with Gasteiger partial charge in [-0.05, 0) is 29.7 Å². The minimum atomic E-state index is -1.24. The minimum Gasteiger partial charge on any atom is -0.297 e. The molecule has 118 valence electrons. The maximum Gasteiger partial charge on any atom is 0.244 e. The van der Waals surface area contributed by atoms with Crippen molar-refractivity contribution in [1.82, 2.24) is 5.43 Å². The summed E-state index contributed by atoms with van der Waals surface area (Å²) in [5.41, 5.74) is 2.05. The standard InChI is InChI=1S/C15H18N2O3S2/c1-2-5-10(14(20)17-16)12(18)15(7-4-9-22-15)13(19)11-6-3-8-21-11/h3-4,6,8-10H,2,5,7,16H2,1H3,(H,17,20). The maximum absolute atomic E-state index is 13.0. The number of carbonyl (C=O) groups is 3. The number of Topliss-reactive ketones (excluding diaryl/α,β-unsaturated/α-hetero) is 2. The van der Waals surface area contributed by atoms with E-state index < -0.39 is 16.6 Å². The lowest BCUT2D eigenvalue weighted by Crippen LogP contribution is -2.50. The van der Waals surface area contributed by atoms with E-state index in [1.165, 1.54) is 23.1 Å². The van der Waals surface area contributed by atoms with Gasteiger partial charge in [0.05, 0.1) is 10.8 Å². The van der Waals surface area contributed by atoms with E-state index in [0.717, 1.165) is 0 Å². The number of nitrogens with one attached hydrogen (secondary N) is 1. The molecule has 0 bridgehead atoms. The van der Waals surface area contributed by atoms with Crippen LogP contribution in [-0.2, 0) is 9.59 Å². The molecule has 1 amide bonds. The Morgan fingerprint density at radius 2 is 2.23 bits per heavy atom. The van der Waals surface area contributed by atoms with Crippen molar-refractivity contribution >= 4 is 40.6 Å². The predicted octanol–water partition coefficient (Wildman–Crippen LogP) is 2.30. The predicted molar refractivity (Wildman–Crippen MR) is 88.5 cm³/mol. The van der Waals surface area contributed by atoms with Gasteiger partial charge in [0.1, 0.15) is 4.75 Å². The molecule has 0 aromatic carbocycles. The van der Waals surface area contributed by atoms with Crippen LogP contribution in [0.5, 0.6) is 0 Å². The van der Waals surface area contributed by atoms with Crippen molar-refractivity contribution in [3.63, 3.8) is 0 Å². The van der Waals surface area contributed by atoms with Crippen LogP contribution in [0.2, 0.25) is 0 Å². The molecular weight excluding hydrogens is 320 g/mol. The molecule has 2 atom stereocenters. The molecule has 1 aliphatic rings. The van der Waals surface area contributed by atoms with E-state index in [9.17, 15) is 14.4 Å². The second-order valence-electron chi connectivity index (χ2n) is 5.04. The SMILES string of the molecule is CCCC(C(=O)NN)C(=O)C1(C(=O)c2cccs2)CC=CS1. The third-order valence-corrected chi connectivity index (χ3v) is 5.79. The number of hydrogen-bond donors (Lipinski definition) is 2. The van der Waals surface area contributed by atoms with E-state index in [1.807, 2.05) is 12.3 Å². The lowest BCUT2D eigenvalue weighted by Gasteiger charge is -2.28. The quantitative estimate of drug-likeness (QED) is 0.262. The Balaban J connectivity index is 2.36. The first-order chi connectivity index (χ1) is 10.6. The highest BCUT2D eigenvalue weighted by Crippen LogP contribution is 2.43. The van der Waals surface area contributed by atoms with Crippen LogP contribution in [0.1, 0.15) is 35.9 Å². The van der Waals surface area contributed by atoms with Gasteiger partial charge in [-0.1, -0.05) is 25.5 Å². The molecule has 3 N–H and O–H groups in total. The summed E-state index contributed by atoms with van der Waals surface area (Å²) in [7, 11) is 0. The number of hydrazine groups is 1. The van der Waals surface area contributed by atoms with Gasteiger partial charge in [0, 0.05) is 0 Å². The van der Waals surface area contributed by atoms with Crippen LogP contribution in [0.4, 0.5) is 0 Å². The van der Waals surface area contributed by atoms with Gasteiger partial charge in [0.15, 0.2) is 11.6 Å². The van der Waals surface area contributed by atoms with Crippen LogP contribution < -0.4 is 11.3 Å². The van der Waals surface area contributed by atoms with Gasteiger partial charge in [0.2, 0.25) is 5.91 Å². The number of nitrogens with two attached hydrogens (primary N) is 1. The lowest BCUT2D eigenvalue weighted by atomic mass is 9.83. The van der Waals surface area contributed by atoms with Crippen LogP contribution in [0.15, 0.2) is 29.0 Å². The van der Waals surface area contributed by atoms with Crippen molar-refractivity contribution in [2.45, 2.75) is 30.9 Å². The highest BCUT2D eigenvalue weighted by atomic mass is 32.2. The topological polar surface area (TPSA) is 89.3 Å². The normalized spacial score (nSPS) is 21.5. The van der Waals surface area contributed by atoms with Gasteiger partial charge < -0.3 is 0 Å². The summed E-state index contributed by atoms with van der Waals surface area (Å²) in [6.45, 7) is 1.89. The molecule has 2 rings (SSSR count). The average molecular weight is 338 g/mol. The highest BCUT2D eigenvalue weighted by molar-refractivity contribution is 8.05. The number of amides is 1. The van der Waals surface area contributed by atoms with Crippen molar-refractivity contribution in [3.05, 3.63) is 33.9 Å². The first-order valence-electron chi connectivity index (χ1n) is 7.02. The van der Waals surface area contributed by atoms with Gasteiger partial charge in [-0.3, -0.25) is 19.8 Å². The zero-order valence-electron chi connectivity index (χ0n) is 12.2. The summed E-state index contributed by atoms with van der Waals surface area (Å²) >= 11 is 2.50. The van der Waals surface area contributed by atoms with E-state index >= 15 is 0 Å². The number of ketones is 2. The Labute approximate surface area is 137 Å². The van der Waals surface area contributed by atoms with E-state index in [1.54, 1.807) is 29.0 Å². The summed E-state index contributed by atoms with van der Waals surface area (Å²) in [5.74, 6) is 3.19. The molecule has 0 radical (unpaired) electrons. The number of thiophene rings is 1. The molecule has 2 heterocycles. The van der Waals surface area contributed by atoms with Crippen molar-refractivity contribution < 1.29 is 14.4 Å².